The van der Waals surface area contributed by atoms with Gasteiger partial charge in [0.25, 0.3) is 0 Å². The molecule has 0 aliphatic carbocycles. The first-order valence-electron chi connectivity index (χ1n) is 6.52. The topological polar surface area (TPSA) is 121 Å². The van der Waals surface area contributed by atoms with Crippen LogP contribution in [0, 0.1) is 13.8 Å². The van der Waals surface area contributed by atoms with Crippen molar-refractivity contribution in [3.63, 3.8) is 0 Å². The van der Waals surface area contributed by atoms with E-state index in [1.807, 2.05) is 6.07 Å². The molecule has 2 aromatic carbocycles. The number of phenols is 1. The SMILES string of the molecule is Cc1cc2ncnc(Nc3ccc(O)c(Br)c3)c2cc1C.O.O. The Morgan fingerprint density at radius 2 is 1.70 bits per heavy atom. The van der Waals surface area contributed by atoms with Gasteiger partial charge >= 0.3 is 0 Å². The summed E-state index contributed by atoms with van der Waals surface area (Å²) in [4.78, 5) is 8.64. The fraction of sp³-hybridized carbons (Fsp3) is 0.125. The summed E-state index contributed by atoms with van der Waals surface area (Å²) in [6.07, 6.45) is 1.55. The Morgan fingerprint density at radius 1 is 1.00 bits per heavy atom. The van der Waals surface area contributed by atoms with E-state index in [0.29, 0.717) is 4.47 Å². The normalized spacial score (nSPS) is 9.87. The van der Waals surface area contributed by atoms with Crippen molar-refractivity contribution < 1.29 is 16.1 Å². The van der Waals surface area contributed by atoms with Crippen molar-refractivity contribution in [2.45, 2.75) is 13.8 Å². The first-order valence-corrected chi connectivity index (χ1v) is 7.31. The molecule has 1 aromatic heterocycles. The number of hydrogen-bond donors (Lipinski definition) is 2. The van der Waals surface area contributed by atoms with Crippen molar-refractivity contribution in [2.24, 2.45) is 0 Å². The number of rotatable bonds is 2. The van der Waals surface area contributed by atoms with Gasteiger partial charge in [-0.15, -0.1) is 0 Å². The molecule has 0 aliphatic rings. The highest BCUT2D eigenvalue weighted by molar-refractivity contribution is 9.10. The van der Waals surface area contributed by atoms with Crippen molar-refractivity contribution >= 4 is 38.3 Å². The zero-order valence-electron chi connectivity index (χ0n) is 12.7. The molecule has 0 unspecified atom stereocenters. The van der Waals surface area contributed by atoms with Gasteiger partial charge in [-0.3, -0.25) is 0 Å². The Bertz CT molecular complexity index is 840. The lowest BCUT2D eigenvalue weighted by Gasteiger charge is -2.10. The molecule has 23 heavy (non-hydrogen) atoms. The Labute approximate surface area is 142 Å². The molecule has 0 saturated heterocycles. The fourth-order valence-electron chi connectivity index (χ4n) is 2.14. The van der Waals surface area contributed by atoms with Crippen LogP contribution < -0.4 is 5.32 Å². The van der Waals surface area contributed by atoms with E-state index in [0.717, 1.165) is 22.4 Å². The predicted octanol–water partition coefficient (Wildman–Crippen LogP) is 2.81. The van der Waals surface area contributed by atoms with E-state index in [1.165, 1.54) is 11.1 Å². The molecular weight excluding hydrogens is 362 g/mol. The number of aryl methyl sites for hydroxylation is 2. The van der Waals surface area contributed by atoms with Crippen LogP contribution in [0.1, 0.15) is 11.1 Å². The minimum Gasteiger partial charge on any atom is -0.507 e. The Balaban J connectivity index is 0.00000132. The summed E-state index contributed by atoms with van der Waals surface area (Å²) in [6.45, 7) is 4.14. The maximum atomic E-state index is 9.55. The van der Waals surface area contributed by atoms with Gasteiger partial charge < -0.3 is 21.4 Å². The maximum absolute atomic E-state index is 9.55. The van der Waals surface area contributed by atoms with Crippen molar-refractivity contribution in [1.29, 1.82) is 0 Å². The van der Waals surface area contributed by atoms with E-state index < -0.39 is 0 Å². The zero-order chi connectivity index (χ0) is 15.0. The van der Waals surface area contributed by atoms with E-state index in [1.54, 1.807) is 18.5 Å². The molecule has 0 radical (unpaired) electrons. The van der Waals surface area contributed by atoms with Gasteiger partial charge in [0.15, 0.2) is 0 Å². The van der Waals surface area contributed by atoms with Crippen LogP contribution in [0.15, 0.2) is 41.1 Å². The number of aromatic hydroxyl groups is 1. The van der Waals surface area contributed by atoms with Gasteiger partial charge in [0.05, 0.1) is 9.99 Å². The molecule has 0 atom stereocenters. The third-order valence-corrected chi connectivity index (χ3v) is 4.10. The molecule has 0 bridgehead atoms. The summed E-state index contributed by atoms with van der Waals surface area (Å²) in [6, 6.07) is 9.39. The van der Waals surface area contributed by atoms with Crippen molar-refractivity contribution in [3.8, 4) is 5.75 Å². The van der Waals surface area contributed by atoms with Crippen LogP contribution in [-0.2, 0) is 0 Å². The average molecular weight is 380 g/mol. The minimum absolute atomic E-state index is 0. The van der Waals surface area contributed by atoms with Crippen LogP contribution in [-0.4, -0.2) is 26.0 Å². The van der Waals surface area contributed by atoms with Gasteiger partial charge in [-0.05, 0) is 71.2 Å². The maximum Gasteiger partial charge on any atom is 0.141 e. The first kappa shape index (κ1) is 18.8. The fourth-order valence-corrected chi connectivity index (χ4v) is 2.52. The number of hydrogen-bond acceptors (Lipinski definition) is 4. The third kappa shape index (κ3) is 3.76. The van der Waals surface area contributed by atoms with Crippen LogP contribution in [0.5, 0.6) is 5.75 Å². The summed E-state index contributed by atoms with van der Waals surface area (Å²) >= 11 is 3.31. The van der Waals surface area contributed by atoms with E-state index in [-0.39, 0.29) is 16.7 Å². The Kier molecular flexibility index (Phi) is 6.03. The molecule has 6 nitrogen and oxygen atoms in total. The molecule has 0 saturated carbocycles. The molecule has 3 rings (SSSR count). The molecule has 0 amide bonds. The Morgan fingerprint density at radius 3 is 2.39 bits per heavy atom. The number of nitrogens with zero attached hydrogens (tertiary/aromatic N) is 2. The van der Waals surface area contributed by atoms with Gasteiger partial charge in [0.2, 0.25) is 0 Å². The lowest BCUT2D eigenvalue weighted by Crippen LogP contribution is -1.97. The van der Waals surface area contributed by atoms with E-state index in [9.17, 15) is 5.11 Å². The summed E-state index contributed by atoms with van der Waals surface area (Å²) < 4.78 is 0.637. The lowest BCUT2D eigenvalue weighted by molar-refractivity contribution is 0.472. The van der Waals surface area contributed by atoms with E-state index in [4.69, 9.17) is 0 Å². The first-order chi connectivity index (χ1) is 10.0. The van der Waals surface area contributed by atoms with E-state index in [2.05, 4.69) is 57.2 Å². The second-order valence-corrected chi connectivity index (χ2v) is 5.82. The molecule has 1 heterocycles. The zero-order valence-corrected chi connectivity index (χ0v) is 14.3. The van der Waals surface area contributed by atoms with Crippen molar-refractivity contribution in [1.82, 2.24) is 9.97 Å². The molecule has 3 aromatic rings. The van der Waals surface area contributed by atoms with Crippen LogP contribution in [0.25, 0.3) is 10.9 Å². The number of fused-ring (bicyclic) bond motifs is 1. The highest BCUT2D eigenvalue weighted by Crippen LogP contribution is 2.30. The summed E-state index contributed by atoms with van der Waals surface area (Å²) in [5.41, 5.74) is 4.16. The molecule has 0 spiro atoms. The predicted molar refractivity (Wildman–Crippen MR) is 95.3 cm³/mol. The van der Waals surface area contributed by atoms with E-state index >= 15 is 0 Å². The lowest BCUT2D eigenvalue weighted by atomic mass is 10.1. The average Bonchev–Trinajstić information content (AvgIpc) is 2.45. The second kappa shape index (κ2) is 7.36. The molecule has 6 N–H and O–H groups in total. The standard InChI is InChI=1S/C16H14BrN3O.2H2O/c1-9-5-12-14(6-10(9)2)18-8-19-16(12)20-11-3-4-15(21)13(17)7-11;;/h3-8,21H,1-2H3,(H,18,19,20);2*1H2. The minimum atomic E-state index is 0. The van der Waals surface area contributed by atoms with Gasteiger partial charge in [0, 0.05) is 11.1 Å². The highest BCUT2D eigenvalue weighted by Gasteiger charge is 2.07. The molecule has 0 aliphatic heterocycles. The van der Waals surface area contributed by atoms with Crippen LogP contribution in [0.3, 0.4) is 0 Å². The molecular formula is C16H18BrN3O3. The quantitative estimate of drug-likeness (QED) is 0.664. The largest absolute Gasteiger partial charge is 0.507 e. The van der Waals surface area contributed by atoms with Gasteiger partial charge in [-0.2, -0.15) is 0 Å². The highest BCUT2D eigenvalue weighted by atomic mass is 79.9. The summed E-state index contributed by atoms with van der Waals surface area (Å²) in [5, 5.41) is 13.8. The second-order valence-electron chi connectivity index (χ2n) is 4.97. The number of halogens is 1. The monoisotopic (exact) mass is 379 g/mol. The molecule has 7 heteroatoms. The van der Waals surface area contributed by atoms with Crippen LogP contribution in [0.4, 0.5) is 11.5 Å². The van der Waals surface area contributed by atoms with Crippen molar-refractivity contribution in [3.05, 3.63) is 52.3 Å². The van der Waals surface area contributed by atoms with Gasteiger partial charge in [-0.25, -0.2) is 9.97 Å². The number of anilines is 2. The van der Waals surface area contributed by atoms with Gasteiger partial charge in [-0.1, -0.05) is 0 Å². The number of aromatic nitrogens is 2. The third-order valence-electron chi connectivity index (χ3n) is 3.46. The smallest absolute Gasteiger partial charge is 0.141 e. The molecule has 122 valence electrons. The number of nitrogens with one attached hydrogen (secondary N) is 1. The summed E-state index contributed by atoms with van der Waals surface area (Å²) in [5.74, 6) is 0.959. The number of benzene rings is 2. The van der Waals surface area contributed by atoms with Gasteiger partial charge in [0.1, 0.15) is 17.9 Å². The number of phenolic OH excluding ortho intramolecular Hbond substituents is 1. The Hall–Kier alpha value is -2.22. The van der Waals surface area contributed by atoms with Crippen LogP contribution >= 0.6 is 15.9 Å². The molecule has 0 fully saturated rings. The van der Waals surface area contributed by atoms with Crippen molar-refractivity contribution in [2.75, 3.05) is 5.32 Å². The van der Waals surface area contributed by atoms with Crippen LogP contribution in [0.2, 0.25) is 0 Å². The summed E-state index contributed by atoms with van der Waals surface area (Å²) in [7, 11) is 0.